The Hall–Kier alpha value is -3.15. The summed E-state index contributed by atoms with van der Waals surface area (Å²) in [5.41, 5.74) is 6.65. The van der Waals surface area contributed by atoms with Gasteiger partial charge < -0.3 is 4.57 Å². The quantitative estimate of drug-likeness (QED) is 0.706. The molecule has 0 saturated carbocycles. The minimum absolute atomic E-state index is 0.374. The molecule has 0 aliphatic heterocycles. The Balaban J connectivity index is 1.74. The summed E-state index contributed by atoms with van der Waals surface area (Å²) < 4.78 is 1.78. The lowest BCUT2D eigenvalue weighted by Crippen LogP contribution is -2.42. The monoisotopic (exact) mass is 294 g/mol. The van der Waals surface area contributed by atoms with Gasteiger partial charge in [0.05, 0.1) is 0 Å². The van der Waals surface area contributed by atoms with Crippen molar-refractivity contribution in [2.45, 2.75) is 0 Å². The van der Waals surface area contributed by atoms with E-state index in [2.05, 4.69) is 15.8 Å². The van der Waals surface area contributed by atoms with Crippen LogP contribution >= 0.6 is 0 Å². The molecule has 110 valence electrons. The van der Waals surface area contributed by atoms with E-state index in [4.69, 9.17) is 0 Å². The van der Waals surface area contributed by atoms with Gasteiger partial charge in [0.1, 0.15) is 5.69 Å². The molecule has 22 heavy (non-hydrogen) atoms. The third-order valence-corrected chi connectivity index (χ3v) is 3.42. The number of hydrogen-bond acceptors (Lipinski definition) is 3. The van der Waals surface area contributed by atoms with E-state index in [9.17, 15) is 9.59 Å². The van der Waals surface area contributed by atoms with Crippen molar-refractivity contribution < 1.29 is 9.59 Å². The summed E-state index contributed by atoms with van der Waals surface area (Å²) in [6, 6.07) is 12.6. The van der Waals surface area contributed by atoms with Crippen LogP contribution in [0.15, 0.2) is 54.9 Å². The maximum absolute atomic E-state index is 12.2. The van der Waals surface area contributed by atoms with Crippen molar-refractivity contribution in [2.24, 2.45) is 7.05 Å². The smallest absolute Gasteiger partial charge is 0.286 e. The number of para-hydroxylation sites is 1. The number of pyridine rings is 1. The number of nitrogens with one attached hydrogen (secondary N) is 2. The molecule has 0 unspecified atom stereocenters. The highest BCUT2D eigenvalue weighted by atomic mass is 16.2. The predicted octanol–water partition coefficient (Wildman–Crippen LogP) is 1.65. The van der Waals surface area contributed by atoms with E-state index in [1.54, 1.807) is 22.8 Å². The van der Waals surface area contributed by atoms with Crippen molar-refractivity contribution in [2.75, 3.05) is 0 Å². The van der Waals surface area contributed by atoms with Crippen LogP contribution in [0.3, 0.4) is 0 Å². The van der Waals surface area contributed by atoms with E-state index in [-0.39, 0.29) is 5.91 Å². The van der Waals surface area contributed by atoms with Gasteiger partial charge in [-0.2, -0.15) is 0 Å². The molecule has 6 nitrogen and oxygen atoms in total. The van der Waals surface area contributed by atoms with Crippen molar-refractivity contribution >= 4 is 22.7 Å². The summed E-state index contributed by atoms with van der Waals surface area (Å²) in [7, 11) is 1.81. The highest BCUT2D eigenvalue weighted by molar-refractivity contribution is 6.01. The Bertz CT molecular complexity index is 840. The van der Waals surface area contributed by atoms with Crippen LogP contribution in [0.1, 0.15) is 20.8 Å². The van der Waals surface area contributed by atoms with Gasteiger partial charge >= 0.3 is 0 Å². The first-order valence-electron chi connectivity index (χ1n) is 6.72. The van der Waals surface area contributed by atoms with Gasteiger partial charge in [-0.3, -0.25) is 25.4 Å². The fourth-order valence-electron chi connectivity index (χ4n) is 2.26. The molecule has 2 aromatic heterocycles. The number of hydrazine groups is 1. The maximum Gasteiger partial charge on any atom is 0.286 e. The van der Waals surface area contributed by atoms with E-state index in [0.717, 1.165) is 10.9 Å². The molecular weight excluding hydrogens is 280 g/mol. The van der Waals surface area contributed by atoms with Crippen LogP contribution in [0, 0.1) is 0 Å². The Labute approximate surface area is 126 Å². The second kappa shape index (κ2) is 5.69. The van der Waals surface area contributed by atoms with Crippen molar-refractivity contribution in [3.05, 3.63) is 66.1 Å². The van der Waals surface area contributed by atoms with Gasteiger partial charge in [0.15, 0.2) is 0 Å². The molecule has 0 aliphatic carbocycles. The van der Waals surface area contributed by atoms with Crippen LogP contribution in [0.4, 0.5) is 0 Å². The summed E-state index contributed by atoms with van der Waals surface area (Å²) in [5.74, 6) is -0.768. The zero-order chi connectivity index (χ0) is 15.5. The third kappa shape index (κ3) is 2.54. The normalized spacial score (nSPS) is 10.4. The third-order valence-electron chi connectivity index (χ3n) is 3.42. The molecule has 0 fully saturated rings. The molecule has 0 spiro atoms. The van der Waals surface area contributed by atoms with Crippen molar-refractivity contribution in [1.29, 1.82) is 0 Å². The number of aryl methyl sites for hydroxylation is 1. The molecule has 2 amide bonds. The Morgan fingerprint density at radius 1 is 1.00 bits per heavy atom. The average molecular weight is 294 g/mol. The van der Waals surface area contributed by atoms with Crippen LogP contribution in [0.5, 0.6) is 0 Å². The highest BCUT2D eigenvalue weighted by Gasteiger charge is 2.14. The molecule has 3 rings (SSSR count). The first-order chi connectivity index (χ1) is 10.7. The summed E-state index contributed by atoms with van der Waals surface area (Å²) in [6.07, 6.45) is 3.03. The van der Waals surface area contributed by atoms with E-state index >= 15 is 0 Å². The predicted molar refractivity (Wildman–Crippen MR) is 82.1 cm³/mol. The van der Waals surface area contributed by atoms with Crippen molar-refractivity contribution in [3.8, 4) is 0 Å². The molecule has 2 N–H and O–H groups in total. The van der Waals surface area contributed by atoms with Gasteiger partial charge in [-0.25, -0.2) is 0 Å². The Kier molecular flexibility index (Phi) is 3.57. The number of nitrogens with zero attached hydrogens (tertiary/aromatic N) is 2. The molecule has 0 aliphatic rings. The van der Waals surface area contributed by atoms with E-state index in [0.29, 0.717) is 11.3 Å². The fraction of sp³-hybridized carbons (Fsp3) is 0.0625. The minimum atomic E-state index is -0.394. The largest absolute Gasteiger partial charge is 0.340 e. The summed E-state index contributed by atoms with van der Waals surface area (Å²) in [4.78, 5) is 27.9. The second-order valence-corrected chi connectivity index (χ2v) is 4.79. The summed E-state index contributed by atoms with van der Waals surface area (Å²) in [5, 5.41) is 0.968. The van der Waals surface area contributed by atoms with E-state index < -0.39 is 5.91 Å². The van der Waals surface area contributed by atoms with Crippen molar-refractivity contribution in [3.63, 3.8) is 0 Å². The van der Waals surface area contributed by atoms with Gasteiger partial charge in [-0.1, -0.05) is 18.2 Å². The SMILES string of the molecule is Cn1c(C(=O)NNC(=O)c2ccncc2)cc2ccccc21. The zero-order valence-electron chi connectivity index (χ0n) is 11.9. The number of fused-ring (bicyclic) bond motifs is 1. The first kappa shape index (κ1) is 13.8. The lowest BCUT2D eigenvalue weighted by atomic mass is 10.2. The van der Waals surface area contributed by atoms with Crippen LogP contribution < -0.4 is 10.9 Å². The molecule has 0 atom stereocenters. The van der Waals surface area contributed by atoms with Gasteiger partial charge in [-0.15, -0.1) is 0 Å². The number of rotatable bonds is 2. The molecule has 0 radical (unpaired) electrons. The van der Waals surface area contributed by atoms with Gasteiger partial charge in [0, 0.05) is 35.9 Å². The molecule has 1 aromatic carbocycles. The second-order valence-electron chi connectivity index (χ2n) is 4.79. The van der Waals surface area contributed by atoms with Crippen LogP contribution in [-0.4, -0.2) is 21.4 Å². The number of carbonyl (C=O) groups excluding carboxylic acids is 2. The highest BCUT2D eigenvalue weighted by Crippen LogP contribution is 2.17. The Morgan fingerprint density at radius 2 is 1.68 bits per heavy atom. The number of benzene rings is 1. The lowest BCUT2D eigenvalue weighted by molar-refractivity contribution is 0.0842. The van der Waals surface area contributed by atoms with Crippen LogP contribution in [-0.2, 0) is 7.05 Å². The number of aromatic nitrogens is 2. The molecule has 3 aromatic rings. The van der Waals surface area contributed by atoms with Gasteiger partial charge in [0.25, 0.3) is 11.8 Å². The molecular formula is C16H14N4O2. The topological polar surface area (TPSA) is 76.0 Å². The van der Waals surface area contributed by atoms with Crippen LogP contribution in [0.2, 0.25) is 0 Å². The summed E-state index contributed by atoms with van der Waals surface area (Å²) >= 11 is 0. The first-order valence-corrected chi connectivity index (χ1v) is 6.72. The maximum atomic E-state index is 12.2. The standard InChI is InChI=1S/C16H14N4O2/c1-20-13-5-3-2-4-12(13)10-14(20)16(22)19-18-15(21)11-6-8-17-9-7-11/h2-10H,1H3,(H,18,21)(H,19,22). The van der Waals surface area contributed by atoms with Gasteiger partial charge in [0.2, 0.25) is 0 Å². The van der Waals surface area contributed by atoms with E-state index in [1.165, 1.54) is 12.4 Å². The molecule has 0 saturated heterocycles. The van der Waals surface area contributed by atoms with Gasteiger partial charge in [-0.05, 0) is 24.3 Å². The molecule has 2 heterocycles. The number of hydrogen-bond donors (Lipinski definition) is 2. The lowest BCUT2D eigenvalue weighted by Gasteiger charge is -2.08. The van der Waals surface area contributed by atoms with E-state index in [1.807, 2.05) is 31.3 Å². The zero-order valence-corrected chi connectivity index (χ0v) is 11.9. The fourth-order valence-corrected chi connectivity index (χ4v) is 2.26. The Morgan fingerprint density at radius 3 is 2.41 bits per heavy atom. The number of amides is 2. The average Bonchev–Trinajstić information content (AvgIpc) is 2.90. The van der Waals surface area contributed by atoms with Crippen LogP contribution in [0.25, 0.3) is 10.9 Å². The minimum Gasteiger partial charge on any atom is -0.340 e. The number of carbonyl (C=O) groups is 2. The molecule has 6 heteroatoms. The summed E-state index contributed by atoms with van der Waals surface area (Å²) in [6.45, 7) is 0. The van der Waals surface area contributed by atoms with Crippen molar-refractivity contribution in [1.82, 2.24) is 20.4 Å². The molecule has 0 bridgehead atoms.